The van der Waals surface area contributed by atoms with E-state index in [-0.39, 0.29) is 197 Å². The molecule has 7 aromatic rings. The van der Waals surface area contributed by atoms with Crippen LogP contribution in [0, 0.1) is 46.3 Å². The molecular weight excluding hydrogens is 1350 g/mol. The van der Waals surface area contributed by atoms with E-state index >= 15 is 0 Å². The van der Waals surface area contributed by atoms with Crippen molar-refractivity contribution >= 4 is 104 Å². The largest absolute Gasteiger partial charge is 1.00 e. The van der Waals surface area contributed by atoms with E-state index in [0.717, 1.165) is 58.6 Å². The summed E-state index contributed by atoms with van der Waals surface area (Å²) in [6, 6.07) is 22.9. The summed E-state index contributed by atoms with van der Waals surface area (Å²) in [4.78, 5) is 84.6. The number of nitro groups is 4. The number of non-ortho nitro benzene ring substituents is 2. The van der Waals surface area contributed by atoms with Gasteiger partial charge in [-0.2, -0.15) is 4.39 Å². The predicted molar refractivity (Wildman–Crippen MR) is 315 cm³/mol. The van der Waals surface area contributed by atoms with Crippen molar-refractivity contribution in [3.8, 4) is 0 Å². The molecule has 0 saturated heterocycles. The minimum absolute atomic E-state index is 0. The molecule has 84 heavy (non-hydrogen) atoms. The maximum absolute atomic E-state index is 12.6. The van der Waals surface area contributed by atoms with Gasteiger partial charge in [-0.15, -0.1) is 0 Å². The van der Waals surface area contributed by atoms with Crippen LogP contribution in [0.3, 0.4) is 0 Å². The number of anilines is 6. The summed E-state index contributed by atoms with van der Waals surface area (Å²) in [6.45, 7) is 7.70. The number of imidazole rings is 2. The van der Waals surface area contributed by atoms with Gasteiger partial charge in [0, 0.05) is 70.9 Å². The first kappa shape index (κ1) is 93.9. The summed E-state index contributed by atoms with van der Waals surface area (Å²) in [7, 11) is 8.80. The Morgan fingerprint density at radius 3 is 1.45 bits per heavy atom. The first-order valence-corrected chi connectivity index (χ1v) is 22.2. The Labute approximate surface area is 604 Å². The van der Waals surface area contributed by atoms with Gasteiger partial charge in [-0.1, -0.05) is 22.3 Å². The summed E-state index contributed by atoms with van der Waals surface area (Å²) in [5, 5.41) is 65.2. The minimum atomic E-state index is -1.09. The summed E-state index contributed by atoms with van der Waals surface area (Å²) in [5.41, 5.74) is 27.8. The molecule has 0 amide bonds. The second-order valence-electron chi connectivity index (χ2n) is 13.9. The third kappa shape index (κ3) is 39.1. The molecule has 0 fully saturated rings. The maximum atomic E-state index is 12.6. The number of aldehydes is 1. The van der Waals surface area contributed by atoms with Crippen LogP contribution < -0.4 is 182 Å². The van der Waals surface area contributed by atoms with E-state index in [2.05, 4.69) is 66.4 Å². The van der Waals surface area contributed by atoms with Gasteiger partial charge in [0.1, 0.15) is 12.0 Å². The number of rotatable bonds is 10. The number of nitrogens with two attached hydrogens (primary N) is 4. The monoisotopic (exact) mass is 1430 g/mol. The van der Waals surface area contributed by atoms with Crippen molar-refractivity contribution < 1.29 is 202 Å². The molecular formula is C50H76Cs2FN15O16. The Morgan fingerprint density at radius 1 is 0.690 bits per heavy atom. The SMILES string of the molecule is C.C.C.CC=O.CCNc1ccc2c(c1)ncn2C.CCOC(C)=O.CN.CNc1ccc(N)cc1N.CNc1ccc([N+](=O)[O-])cc1[N+](=O)[O-].Cn1cnc2cc(N)ccc21.O=CO.O=CO[O-].O=[N+]([O-])c1ccc(F)c([N+](=O)[O-])c1.[Cs+].[Cs+].[H-]. The number of nitrogen functional groups attached to an aromatic ring is 3. The molecule has 5 aromatic carbocycles. The quantitative estimate of drug-likeness (QED) is 0.0241. The van der Waals surface area contributed by atoms with Gasteiger partial charge in [0.2, 0.25) is 5.82 Å². The van der Waals surface area contributed by atoms with Crippen molar-refractivity contribution in [1.29, 1.82) is 0 Å². The van der Waals surface area contributed by atoms with Gasteiger partial charge in [0.15, 0.2) is 0 Å². The smallest absolute Gasteiger partial charge is 1.00 e. The maximum Gasteiger partial charge on any atom is 1.00 e. The predicted octanol–water partition coefficient (Wildman–Crippen LogP) is 1.75. The zero-order chi connectivity index (χ0) is 61.2. The number of benzene rings is 5. The van der Waals surface area contributed by atoms with E-state index in [1.54, 1.807) is 19.3 Å². The van der Waals surface area contributed by atoms with Gasteiger partial charge in [0.05, 0.1) is 84.5 Å². The molecule has 2 heterocycles. The molecule has 0 aliphatic rings. The first-order chi connectivity index (χ1) is 37.4. The Balaban J connectivity index is -0.000000112. The first-order valence-electron chi connectivity index (χ1n) is 22.2. The number of nitrogens with one attached hydrogen (secondary N) is 3. The Hall–Kier alpha value is -6.53. The van der Waals surface area contributed by atoms with Crippen LogP contribution >= 0.6 is 0 Å². The van der Waals surface area contributed by atoms with Crippen LogP contribution in [-0.2, 0) is 42.9 Å². The topological polar surface area (TPSA) is 478 Å². The Kier molecular flexibility index (Phi) is 62.2. The number of aryl methyl sites for hydroxylation is 2. The average molecular weight is 1430 g/mol. The molecule has 456 valence electrons. The van der Waals surface area contributed by atoms with E-state index in [1.165, 1.54) is 45.6 Å². The van der Waals surface area contributed by atoms with Crippen LogP contribution in [0.15, 0.2) is 104 Å². The van der Waals surface area contributed by atoms with Gasteiger partial charge >= 0.3 is 149 Å². The van der Waals surface area contributed by atoms with Gasteiger partial charge < -0.3 is 74.2 Å². The number of esters is 1. The third-order valence-electron chi connectivity index (χ3n) is 8.58. The number of halogens is 1. The van der Waals surface area contributed by atoms with Crippen LogP contribution in [0.4, 0.5) is 61.3 Å². The number of fused-ring (bicyclic) bond motifs is 2. The summed E-state index contributed by atoms with van der Waals surface area (Å²) in [6.07, 6.45) is 4.37. The van der Waals surface area contributed by atoms with Crippen LogP contribution in [0.2, 0.25) is 0 Å². The normalized spacial score (nSPS) is 8.38. The Bertz CT molecular complexity index is 3010. The van der Waals surface area contributed by atoms with Gasteiger partial charge in [0.25, 0.3) is 30.0 Å². The molecule has 0 unspecified atom stereocenters. The fourth-order valence-corrected chi connectivity index (χ4v) is 5.37. The zero-order valence-electron chi connectivity index (χ0n) is 47.3. The van der Waals surface area contributed by atoms with Crippen molar-refractivity contribution in [3.63, 3.8) is 0 Å². The molecule has 0 spiro atoms. The minimum Gasteiger partial charge on any atom is -1.00 e. The fraction of sp³-hybridized carbons (Fsp3) is 0.280. The Morgan fingerprint density at radius 2 is 1.08 bits per heavy atom. The van der Waals surface area contributed by atoms with Crippen LogP contribution in [-0.4, -0.2) is 103 Å². The molecule has 0 aliphatic carbocycles. The molecule has 0 aliphatic heterocycles. The van der Waals surface area contributed by atoms with Crippen LogP contribution in [0.5, 0.6) is 0 Å². The van der Waals surface area contributed by atoms with Gasteiger partial charge in [-0.25, -0.2) is 9.97 Å². The number of nitrogens with zero attached hydrogens (tertiary/aromatic N) is 8. The summed E-state index contributed by atoms with van der Waals surface area (Å²) < 4.78 is 21.0. The van der Waals surface area contributed by atoms with Gasteiger partial charge in [-0.3, -0.25) is 54.8 Å². The molecule has 31 nitrogen and oxygen atoms in total. The number of aromatic nitrogens is 4. The number of ether oxygens (including phenoxy) is 1. The van der Waals surface area contributed by atoms with E-state index < -0.39 is 36.9 Å². The van der Waals surface area contributed by atoms with E-state index in [4.69, 9.17) is 41.9 Å². The fourth-order valence-electron chi connectivity index (χ4n) is 5.37. The molecule has 0 saturated carbocycles. The molecule has 0 radical (unpaired) electrons. The van der Waals surface area contributed by atoms with Crippen molar-refractivity contribution in [2.45, 2.75) is 50.0 Å². The second-order valence-corrected chi connectivity index (χ2v) is 13.9. The van der Waals surface area contributed by atoms with Crippen LogP contribution in [0.1, 0.15) is 51.4 Å². The number of carbonyl (C=O) groups is 4. The van der Waals surface area contributed by atoms with E-state index in [9.17, 15) is 49.6 Å². The summed E-state index contributed by atoms with van der Waals surface area (Å²) >= 11 is 0. The standard InChI is InChI=1S/C10H13N3.C8H9N3.C7H7N3O4.C7H11N3.C6H3FN2O4.C4H8O2.C2H4O.CH5N.CH2O3.CH2O2.3CH4.2Cs.H/c1-3-11-8-4-5-10-9(6-8)12-7-13(10)2;1-11-5-10-7-4-6(9)2-3-8(7)11;1-8-6-3-2-5(9(11)12)4-7(6)10(13)14;1-10-7-3-2-5(8)4-6(7)9;7-5-2-1-4(8(10)11)3-6(5)9(12)13;1-3-6-4(2)5;1-2-3;1-2;2-1-4-3;2-1-3;;;;;;/h4-7,11H,3H2,1-2H3;2-5H,9H2,1H3;2-4,8H,1H3;2-4,10H,8-9H2,1H3;1-3H;3H2,1-2H3;2H,1H3;2H2,1H3;1,3H;1H,(H,2,3);3*1H4;;;/q;;;;;;;;;;;;;2*+1;-1/p-1. The van der Waals surface area contributed by atoms with E-state index in [0.29, 0.717) is 30.1 Å². The van der Waals surface area contributed by atoms with Crippen molar-refractivity contribution in [2.24, 2.45) is 19.8 Å². The van der Waals surface area contributed by atoms with Gasteiger partial charge in [-0.05, 0) is 94.5 Å². The van der Waals surface area contributed by atoms with Crippen LogP contribution in [0.25, 0.3) is 22.1 Å². The molecule has 34 heteroatoms. The van der Waals surface area contributed by atoms with E-state index in [1.807, 2.05) is 66.9 Å². The molecule has 7 rings (SSSR count). The molecule has 2 aromatic heterocycles. The number of hydrogen-bond acceptors (Lipinski definition) is 24. The molecule has 0 bridgehead atoms. The second kappa shape index (κ2) is 55.7. The number of hydrogen-bond donors (Lipinski definition) is 8. The number of nitro benzene ring substituents is 4. The zero-order valence-corrected chi connectivity index (χ0v) is 58.9. The van der Waals surface area contributed by atoms with Crippen molar-refractivity contribution in [3.05, 3.63) is 150 Å². The van der Waals surface area contributed by atoms with Crippen molar-refractivity contribution in [2.75, 3.05) is 67.4 Å². The summed E-state index contributed by atoms with van der Waals surface area (Å²) in [5.74, 6) is -1.30. The molecule has 12 N–H and O–H groups in total. The molecule has 0 atom stereocenters. The van der Waals surface area contributed by atoms with Crippen molar-refractivity contribution in [1.82, 2.24) is 19.1 Å². The third-order valence-corrected chi connectivity index (χ3v) is 8.58. The average Bonchev–Trinajstić information content (AvgIpc) is 4.03. The number of carbonyl (C=O) groups excluding carboxylic acids is 3. The number of carboxylic acid groups (broad SMARTS) is 1.